The van der Waals surface area contributed by atoms with E-state index in [9.17, 15) is 14.9 Å². The van der Waals surface area contributed by atoms with Crippen LogP contribution in [-0.4, -0.2) is 37.1 Å². The SMILES string of the molecule is Cc1ccc(C)c(Sc2ccc(NC(=O)c3ccc(N4CCOCC4)c([N+](=O)[O-])c3)cc2)c1. The standard InChI is InChI=1S/C25H25N3O4S/c1-17-3-4-18(2)24(15-17)33-21-8-6-20(7-9-21)26-25(29)19-5-10-22(23(16-19)28(30)31)27-11-13-32-14-12-27/h3-10,15-16H,11-14H2,1-2H3,(H,26,29). The molecular formula is C25H25N3O4S. The number of benzene rings is 3. The number of carbonyl (C=O) groups excluding carboxylic acids is 1. The molecule has 33 heavy (non-hydrogen) atoms. The number of nitro benzene ring substituents is 1. The predicted molar refractivity (Wildman–Crippen MR) is 131 cm³/mol. The maximum absolute atomic E-state index is 12.8. The summed E-state index contributed by atoms with van der Waals surface area (Å²) in [7, 11) is 0. The number of hydrogen-bond acceptors (Lipinski definition) is 6. The van der Waals surface area contributed by atoms with Crippen molar-refractivity contribution in [1.82, 2.24) is 0 Å². The second-order valence-corrected chi connectivity index (χ2v) is 9.02. The molecule has 1 saturated heterocycles. The van der Waals surface area contributed by atoms with E-state index in [1.807, 2.05) is 29.2 Å². The lowest BCUT2D eigenvalue weighted by Gasteiger charge is -2.28. The maximum Gasteiger partial charge on any atom is 0.293 e. The molecule has 0 spiro atoms. The molecule has 1 N–H and O–H groups in total. The van der Waals surface area contributed by atoms with Crippen LogP contribution in [0.5, 0.6) is 0 Å². The normalized spacial score (nSPS) is 13.6. The summed E-state index contributed by atoms with van der Waals surface area (Å²) in [6, 6.07) is 18.5. The van der Waals surface area contributed by atoms with Gasteiger partial charge in [-0.1, -0.05) is 23.9 Å². The fourth-order valence-electron chi connectivity index (χ4n) is 3.64. The van der Waals surface area contributed by atoms with Crippen LogP contribution in [0.25, 0.3) is 0 Å². The first-order chi connectivity index (χ1) is 15.9. The zero-order valence-corrected chi connectivity index (χ0v) is 19.4. The highest BCUT2D eigenvalue weighted by Crippen LogP contribution is 2.32. The molecule has 170 valence electrons. The summed E-state index contributed by atoms with van der Waals surface area (Å²) in [5.74, 6) is -0.387. The minimum atomic E-state index is -0.444. The molecule has 1 heterocycles. The minimum absolute atomic E-state index is 0.0789. The van der Waals surface area contributed by atoms with Crippen LogP contribution in [0.4, 0.5) is 17.1 Å². The molecule has 0 aromatic heterocycles. The van der Waals surface area contributed by atoms with Gasteiger partial charge in [0, 0.05) is 40.2 Å². The molecule has 1 amide bonds. The zero-order chi connectivity index (χ0) is 23.4. The lowest BCUT2D eigenvalue weighted by Crippen LogP contribution is -2.36. The van der Waals surface area contributed by atoms with Gasteiger partial charge in [0.15, 0.2) is 0 Å². The molecule has 0 aliphatic carbocycles. The van der Waals surface area contributed by atoms with Crippen molar-refractivity contribution in [2.75, 3.05) is 36.5 Å². The number of nitro groups is 1. The highest BCUT2D eigenvalue weighted by atomic mass is 32.2. The van der Waals surface area contributed by atoms with Crippen LogP contribution in [0, 0.1) is 24.0 Å². The van der Waals surface area contributed by atoms with Gasteiger partial charge in [-0.2, -0.15) is 0 Å². The van der Waals surface area contributed by atoms with E-state index in [4.69, 9.17) is 4.74 Å². The quantitative estimate of drug-likeness (QED) is 0.386. The lowest BCUT2D eigenvalue weighted by molar-refractivity contribution is -0.384. The summed E-state index contributed by atoms with van der Waals surface area (Å²) in [5, 5.41) is 14.5. The number of aryl methyl sites for hydroxylation is 2. The number of nitrogens with zero attached hydrogens (tertiary/aromatic N) is 2. The second-order valence-electron chi connectivity index (χ2n) is 7.91. The minimum Gasteiger partial charge on any atom is -0.378 e. The Morgan fingerprint density at radius 2 is 1.76 bits per heavy atom. The average Bonchev–Trinajstić information content (AvgIpc) is 2.82. The number of hydrogen-bond donors (Lipinski definition) is 1. The van der Waals surface area contributed by atoms with Crippen molar-refractivity contribution in [2.24, 2.45) is 0 Å². The Balaban J connectivity index is 1.47. The summed E-state index contributed by atoms with van der Waals surface area (Å²) < 4.78 is 5.33. The number of ether oxygens (including phenoxy) is 1. The van der Waals surface area contributed by atoms with Crippen molar-refractivity contribution >= 4 is 34.7 Å². The molecule has 1 aliphatic rings. The van der Waals surface area contributed by atoms with E-state index < -0.39 is 4.92 Å². The van der Waals surface area contributed by atoms with Crippen LogP contribution in [-0.2, 0) is 4.74 Å². The number of nitrogens with one attached hydrogen (secondary N) is 1. The molecule has 0 bridgehead atoms. The van der Waals surface area contributed by atoms with Gasteiger partial charge in [-0.15, -0.1) is 0 Å². The molecule has 1 fully saturated rings. The largest absolute Gasteiger partial charge is 0.378 e. The Morgan fingerprint density at radius 1 is 1.03 bits per heavy atom. The number of amides is 1. The van der Waals surface area contributed by atoms with Crippen LogP contribution < -0.4 is 10.2 Å². The number of anilines is 2. The smallest absolute Gasteiger partial charge is 0.293 e. The topological polar surface area (TPSA) is 84.7 Å². The average molecular weight is 464 g/mol. The summed E-state index contributed by atoms with van der Waals surface area (Å²) in [6.45, 7) is 6.37. The number of rotatable bonds is 6. The van der Waals surface area contributed by atoms with Crippen molar-refractivity contribution in [3.63, 3.8) is 0 Å². The zero-order valence-electron chi connectivity index (χ0n) is 18.5. The highest BCUT2D eigenvalue weighted by Gasteiger charge is 2.23. The van der Waals surface area contributed by atoms with Crippen LogP contribution in [0.1, 0.15) is 21.5 Å². The van der Waals surface area contributed by atoms with Gasteiger partial charge < -0.3 is 15.0 Å². The molecule has 3 aromatic carbocycles. The number of carbonyl (C=O) groups is 1. The van der Waals surface area contributed by atoms with Gasteiger partial charge >= 0.3 is 0 Å². The third-order valence-corrected chi connectivity index (χ3v) is 6.64. The highest BCUT2D eigenvalue weighted by molar-refractivity contribution is 7.99. The summed E-state index contributed by atoms with van der Waals surface area (Å²) in [4.78, 5) is 28.1. The number of morpholine rings is 1. The van der Waals surface area contributed by atoms with E-state index in [2.05, 4.69) is 37.4 Å². The Kier molecular flexibility index (Phi) is 6.96. The van der Waals surface area contributed by atoms with Crippen molar-refractivity contribution in [3.8, 4) is 0 Å². The molecule has 0 radical (unpaired) electrons. The Labute approximate surface area is 196 Å². The Hall–Kier alpha value is -3.36. The van der Waals surface area contributed by atoms with Crippen LogP contribution in [0.15, 0.2) is 70.5 Å². The molecule has 0 atom stereocenters. The van der Waals surface area contributed by atoms with E-state index in [1.54, 1.807) is 23.9 Å². The van der Waals surface area contributed by atoms with E-state index in [-0.39, 0.29) is 17.2 Å². The van der Waals surface area contributed by atoms with Gasteiger partial charge in [0.1, 0.15) is 5.69 Å². The molecular weight excluding hydrogens is 438 g/mol. The molecule has 0 unspecified atom stereocenters. The van der Waals surface area contributed by atoms with Crippen LogP contribution in [0.3, 0.4) is 0 Å². The second kappa shape index (κ2) is 10.1. The first kappa shape index (κ1) is 22.8. The van der Waals surface area contributed by atoms with Crippen LogP contribution in [0.2, 0.25) is 0 Å². The van der Waals surface area contributed by atoms with E-state index in [0.717, 1.165) is 4.90 Å². The van der Waals surface area contributed by atoms with Gasteiger partial charge in [0.05, 0.1) is 18.1 Å². The van der Waals surface area contributed by atoms with Gasteiger partial charge in [0.25, 0.3) is 11.6 Å². The monoisotopic (exact) mass is 463 g/mol. The van der Waals surface area contributed by atoms with Crippen LogP contribution >= 0.6 is 11.8 Å². The van der Waals surface area contributed by atoms with E-state index >= 15 is 0 Å². The predicted octanol–water partition coefficient (Wildman–Crippen LogP) is 5.45. The van der Waals surface area contributed by atoms with Crippen molar-refractivity contribution < 1.29 is 14.5 Å². The molecule has 7 nitrogen and oxygen atoms in total. The Bertz CT molecular complexity index is 1170. The maximum atomic E-state index is 12.8. The fourth-order valence-corrected chi connectivity index (χ4v) is 4.64. The fraction of sp³-hybridized carbons (Fsp3) is 0.240. The van der Waals surface area contributed by atoms with Crippen molar-refractivity contribution in [1.29, 1.82) is 0 Å². The third-order valence-electron chi connectivity index (χ3n) is 5.47. The summed E-state index contributed by atoms with van der Waals surface area (Å²) in [5.41, 5.74) is 3.72. The molecule has 3 aromatic rings. The van der Waals surface area contributed by atoms with E-state index in [1.165, 1.54) is 22.1 Å². The molecule has 1 aliphatic heterocycles. The molecule has 8 heteroatoms. The first-order valence-electron chi connectivity index (χ1n) is 10.7. The van der Waals surface area contributed by atoms with Gasteiger partial charge in [-0.3, -0.25) is 14.9 Å². The van der Waals surface area contributed by atoms with Gasteiger partial charge in [-0.05, 0) is 67.4 Å². The molecule has 0 saturated carbocycles. The third kappa shape index (κ3) is 5.53. The summed E-state index contributed by atoms with van der Waals surface area (Å²) in [6.07, 6.45) is 0. The summed E-state index contributed by atoms with van der Waals surface area (Å²) >= 11 is 1.67. The molecule has 4 rings (SSSR count). The van der Waals surface area contributed by atoms with Gasteiger partial charge in [0.2, 0.25) is 0 Å². The van der Waals surface area contributed by atoms with Gasteiger partial charge in [-0.25, -0.2) is 0 Å². The Morgan fingerprint density at radius 3 is 2.45 bits per heavy atom. The first-order valence-corrected chi connectivity index (χ1v) is 11.5. The van der Waals surface area contributed by atoms with Crippen molar-refractivity contribution in [3.05, 3.63) is 87.5 Å². The van der Waals surface area contributed by atoms with Crippen molar-refractivity contribution in [2.45, 2.75) is 23.6 Å². The van der Waals surface area contributed by atoms with E-state index in [0.29, 0.717) is 37.7 Å². The lowest BCUT2D eigenvalue weighted by atomic mass is 10.1.